The zero-order valence-corrected chi connectivity index (χ0v) is 13.6. The molecule has 2 rings (SSSR count). The topological polar surface area (TPSA) is 80.5 Å². The molecule has 1 aromatic rings. The Morgan fingerprint density at radius 3 is 2.47 bits per heavy atom. The van der Waals surface area contributed by atoms with Gasteiger partial charge in [0.1, 0.15) is 4.21 Å². The van der Waals surface area contributed by atoms with Gasteiger partial charge in [0.05, 0.1) is 3.79 Å². The summed E-state index contributed by atoms with van der Waals surface area (Å²) in [5, 5.41) is 0. The summed E-state index contributed by atoms with van der Waals surface area (Å²) in [4.78, 5) is 11.1. The number of amides is 1. The summed E-state index contributed by atoms with van der Waals surface area (Å²) < 4.78 is 27.5. The predicted molar refractivity (Wildman–Crippen MR) is 77.4 cm³/mol. The lowest BCUT2D eigenvalue weighted by Gasteiger charge is -2.29. The van der Waals surface area contributed by atoms with Crippen LogP contribution in [0.1, 0.15) is 18.4 Å². The van der Waals surface area contributed by atoms with Gasteiger partial charge in [-0.25, -0.2) is 8.42 Å². The van der Waals surface area contributed by atoms with Crippen LogP contribution in [0.2, 0.25) is 0 Å². The summed E-state index contributed by atoms with van der Waals surface area (Å²) >= 11 is 4.55. The highest BCUT2D eigenvalue weighted by Crippen LogP contribution is 2.33. The Balaban J connectivity index is 2.16. The van der Waals surface area contributed by atoms with Crippen LogP contribution in [0.15, 0.2) is 14.1 Å². The van der Waals surface area contributed by atoms with E-state index >= 15 is 0 Å². The van der Waals surface area contributed by atoms with E-state index < -0.39 is 10.0 Å². The van der Waals surface area contributed by atoms with E-state index in [9.17, 15) is 13.2 Å². The van der Waals surface area contributed by atoms with E-state index in [0.29, 0.717) is 30.1 Å². The molecule has 1 aromatic heterocycles. The lowest BCUT2D eigenvalue weighted by molar-refractivity contribution is -0.122. The molecule has 8 heteroatoms. The van der Waals surface area contributed by atoms with Gasteiger partial charge in [0.15, 0.2) is 0 Å². The van der Waals surface area contributed by atoms with Crippen LogP contribution in [-0.4, -0.2) is 31.7 Å². The second-order valence-electron chi connectivity index (χ2n) is 4.60. The second-order valence-corrected chi connectivity index (χ2v) is 9.14. The SMILES string of the molecule is Cc1cc(S(=O)(=O)N2CCC(C(N)=O)CC2)sc1Br. The van der Waals surface area contributed by atoms with Gasteiger partial charge in [0, 0.05) is 19.0 Å². The van der Waals surface area contributed by atoms with E-state index in [2.05, 4.69) is 15.9 Å². The highest BCUT2D eigenvalue weighted by Gasteiger charge is 2.32. The maximum Gasteiger partial charge on any atom is 0.252 e. The van der Waals surface area contributed by atoms with Crippen molar-refractivity contribution in [1.82, 2.24) is 4.31 Å². The molecule has 1 aliphatic heterocycles. The summed E-state index contributed by atoms with van der Waals surface area (Å²) in [6.07, 6.45) is 1.00. The number of hydrogen-bond acceptors (Lipinski definition) is 4. The van der Waals surface area contributed by atoms with Gasteiger partial charge in [-0.1, -0.05) is 0 Å². The molecule has 1 saturated heterocycles. The van der Waals surface area contributed by atoms with Crippen molar-refractivity contribution in [2.75, 3.05) is 13.1 Å². The average Bonchev–Trinajstić information content (AvgIpc) is 2.70. The van der Waals surface area contributed by atoms with Gasteiger partial charge in [0.2, 0.25) is 5.91 Å². The number of thiophene rings is 1. The summed E-state index contributed by atoms with van der Waals surface area (Å²) in [7, 11) is -3.44. The molecule has 2 heterocycles. The number of carbonyl (C=O) groups is 1. The first-order chi connectivity index (χ1) is 8.82. The monoisotopic (exact) mass is 366 g/mol. The van der Waals surface area contributed by atoms with Crippen molar-refractivity contribution in [3.05, 3.63) is 15.4 Å². The van der Waals surface area contributed by atoms with Gasteiger partial charge in [-0.15, -0.1) is 11.3 Å². The van der Waals surface area contributed by atoms with Crippen molar-refractivity contribution in [2.24, 2.45) is 11.7 Å². The minimum absolute atomic E-state index is 0.205. The molecule has 2 N–H and O–H groups in total. The number of nitrogens with zero attached hydrogens (tertiary/aromatic N) is 1. The Labute approximate surface area is 125 Å². The molecular weight excluding hydrogens is 352 g/mol. The van der Waals surface area contributed by atoms with E-state index in [0.717, 1.165) is 9.35 Å². The summed E-state index contributed by atoms with van der Waals surface area (Å²) in [6, 6.07) is 1.67. The van der Waals surface area contributed by atoms with Crippen molar-refractivity contribution in [1.29, 1.82) is 0 Å². The van der Waals surface area contributed by atoms with Crippen molar-refractivity contribution in [3.8, 4) is 0 Å². The molecule has 0 radical (unpaired) electrons. The maximum absolute atomic E-state index is 12.4. The van der Waals surface area contributed by atoms with Crippen molar-refractivity contribution < 1.29 is 13.2 Å². The zero-order chi connectivity index (χ0) is 14.2. The van der Waals surface area contributed by atoms with Gasteiger partial charge in [0.25, 0.3) is 10.0 Å². The molecule has 0 unspecified atom stereocenters. The van der Waals surface area contributed by atoms with Crippen LogP contribution in [-0.2, 0) is 14.8 Å². The van der Waals surface area contributed by atoms with Crippen molar-refractivity contribution >= 4 is 43.2 Å². The lowest BCUT2D eigenvalue weighted by atomic mass is 9.98. The van der Waals surface area contributed by atoms with Gasteiger partial charge in [-0.3, -0.25) is 4.79 Å². The van der Waals surface area contributed by atoms with Crippen LogP contribution in [0.5, 0.6) is 0 Å². The number of aryl methyl sites for hydroxylation is 1. The van der Waals surface area contributed by atoms with Crippen LogP contribution < -0.4 is 5.73 Å². The first kappa shape index (κ1) is 15.0. The predicted octanol–water partition coefficient (Wildman–Crippen LogP) is 1.71. The van der Waals surface area contributed by atoms with Crippen LogP contribution in [0.4, 0.5) is 0 Å². The highest BCUT2D eigenvalue weighted by molar-refractivity contribution is 9.11. The molecular formula is C11H15BrN2O3S2. The van der Waals surface area contributed by atoms with E-state index in [-0.39, 0.29) is 11.8 Å². The standard InChI is InChI=1S/C11H15BrN2O3S2/c1-7-6-9(18-10(7)12)19(16,17)14-4-2-8(3-5-14)11(13)15/h6,8H,2-5H2,1H3,(H2,13,15). The molecule has 0 saturated carbocycles. The Hall–Kier alpha value is -0.440. The number of carbonyl (C=O) groups excluding carboxylic acids is 1. The number of halogens is 1. The number of hydrogen-bond donors (Lipinski definition) is 1. The molecule has 5 nitrogen and oxygen atoms in total. The van der Waals surface area contributed by atoms with E-state index in [4.69, 9.17) is 5.73 Å². The van der Waals surface area contributed by atoms with Crippen molar-refractivity contribution in [3.63, 3.8) is 0 Å². The molecule has 1 aliphatic rings. The van der Waals surface area contributed by atoms with E-state index in [1.165, 1.54) is 15.6 Å². The number of primary amides is 1. The molecule has 0 spiro atoms. The third kappa shape index (κ3) is 3.01. The molecule has 0 aliphatic carbocycles. The quantitative estimate of drug-likeness (QED) is 0.883. The largest absolute Gasteiger partial charge is 0.369 e. The van der Waals surface area contributed by atoms with E-state index in [1.54, 1.807) is 6.07 Å². The van der Waals surface area contributed by atoms with Crippen LogP contribution in [0, 0.1) is 12.8 Å². The molecule has 0 atom stereocenters. The summed E-state index contributed by atoms with van der Waals surface area (Å²) in [5.74, 6) is -0.546. The fourth-order valence-corrected chi connectivity index (χ4v) is 5.92. The first-order valence-electron chi connectivity index (χ1n) is 5.88. The molecule has 19 heavy (non-hydrogen) atoms. The number of piperidine rings is 1. The molecule has 0 aromatic carbocycles. The fraction of sp³-hybridized carbons (Fsp3) is 0.545. The lowest BCUT2D eigenvalue weighted by Crippen LogP contribution is -2.41. The third-order valence-electron chi connectivity index (χ3n) is 3.29. The zero-order valence-electron chi connectivity index (χ0n) is 10.4. The van der Waals surface area contributed by atoms with Crippen LogP contribution in [0.3, 0.4) is 0 Å². The van der Waals surface area contributed by atoms with Crippen LogP contribution in [0.25, 0.3) is 0 Å². The fourth-order valence-electron chi connectivity index (χ4n) is 2.07. The Kier molecular flexibility index (Phi) is 4.34. The molecule has 1 fully saturated rings. The van der Waals surface area contributed by atoms with Gasteiger partial charge in [-0.05, 0) is 47.3 Å². The smallest absolute Gasteiger partial charge is 0.252 e. The second kappa shape index (κ2) is 5.51. The molecule has 1 amide bonds. The minimum atomic E-state index is -3.44. The van der Waals surface area contributed by atoms with Gasteiger partial charge in [-0.2, -0.15) is 4.31 Å². The highest BCUT2D eigenvalue weighted by atomic mass is 79.9. The average molecular weight is 367 g/mol. The van der Waals surface area contributed by atoms with Gasteiger partial charge < -0.3 is 5.73 Å². The number of sulfonamides is 1. The molecule has 106 valence electrons. The first-order valence-corrected chi connectivity index (χ1v) is 8.92. The molecule has 0 bridgehead atoms. The Bertz CT molecular complexity index is 570. The van der Waals surface area contributed by atoms with Crippen molar-refractivity contribution in [2.45, 2.75) is 24.0 Å². The number of nitrogens with two attached hydrogens (primary N) is 1. The van der Waals surface area contributed by atoms with Gasteiger partial charge >= 0.3 is 0 Å². The Morgan fingerprint density at radius 2 is 2.05 bits per heavy atom. The summed E-state index contributed by atoms with van der Waals surface area (Å²) in [5.41, 5.74) is 6.16. The summed E-state index contributed by atoms with van der Waals surface area (Å²) in [6.45, 7) is 2.56. The minimum Gasteiger partial charge on any atom is -0.369 e. The van der Waals surface area contributed by atoms with E-state index in [1.807, 2.05) is 6.92 Å². The maximum atomic E-state index is 12.4. The Morgan fingerprint density at radius 1 is 1.47 bits per heavy atom. The van der Waals surface area contributed by atoms with Crippen LogP contribution >= 0.6 is 27.3 Å². The number of rotatable bonds is 3. The normalized spacial score (nSPS) is 18.6. The third-order valence-corrected chi connectivity index (χ3v) is 7.77.